The minimum Gasteiger partial charge on any atom is -0.497 e. The molecule has 4 nitrogen and oxygen atoms in total. The van der Waals surface area contributed by atoms with Crippen molar-refractivity contribution in [2.24, 2.45) is 0 Å². The van der Waals surface area contributed by atoms with Gasteiger partial charge in [0.15, 0.2) is 5.60 Å². The quantitative estimate of drug-likeness (QED) is 0.909. The third-order valence-corrected chi connectivity index (χ3v) is 3.97. The summed E-state index contributed by atoms with van der Waals surface area (Å²) in [6.07, 6.45) is 0.847. The number of amides is 1. The number of carbonyl (C=O) groups excluding carboxylic acids is 1. The first-order valence-electron chi connectivity index (χ1n) is 6.91. The number of benzene rings is 2. The lowest BCUT2D eigenvalue weighted by molar-refractivity contribution is -0.129. The molecule has 0 bridgehead atoms. The van der Waals surface area contributed by atoms with Gasteiger partial charge >= 0.3 is 0 Å². The smallest absolute Gasteiger partial charge is 0.265 e. The number of anilines is 1. The molecular formula is C17H17NO3. The van der Waals surface area contributed by atoms with Crippen molar-refractivity contribution in [2.45, 2.75) is 18.9 Å². The van der Waals surface area contributed by atoms with E-state index in [4.69, 9.17) is 4.74 Å². The van der Waals surface area contributed by atoms with E-state index in [1.165, 1.54) is 0 Å². The maximum Gasteiger partial charge on any atom is 0.265 e. The molecule has 21 heavy (non-hydrogen) atoms. The lowest BCUT2D eigenvalue weighted by Crippen LogP contribution is -2.35. The van der Waals surface area contributed by atoms with Gasteiger partial charge in [0, 0.05) is 11.3 Å². The Morgan fingerprint density at radius 2 is 1.90 bits per heavy atom. The molecule has 1 atom stereocenters. The molecule has 2 aromatic carbocycles. The number of hydrogen-bond acceptors (Lipinski definition) is 3. The Labute approximate surface area is 123 Å². The molecule has 0 aliphatic carbocycles. The number of methoxy groups -OCH3 is 1. The van der Waals surface area contributed by atoms with E-state index in [0.717, 1.165) is 12.0 Å². The SMILES string of the molecule is CCc1ccc2c(c1)C(O)(c1ccc(OC)cc1)C(=O)N2. The van der Waals surface area contributed by atoms with Crippen molar-refractivity contribution < 1.29 is 14.6 Å². The van der Waals surface area contributed by atoms with Crippen LogP contribution in [0.5, 0.6) is 5.75 Å². The zero-order valence-corrected chi connectivity index (χ0v) is 12.0. The first-order valence-corrected chi connectivity index (χ1v) is 6.91. The molecule has 1 amide bonds. The Kier molecular flexibility index (Phi) is 3.18. The minimum atomic E-state index is -1.65. The van der Waals surface area contributed by atoms with Gasteiger partial charge in [0.2, 0.25) is 0 Å². The fourth-order valence-electron chi connectivity index (χ4n) is 2.67. The summed E-state index contributed by atoms with van der Waals surface area (Å²) in [6.45, 7) is 2.04. The summed E-state index contributed by atoms with van der Waals surface area (Å²) < 4.78 is 5.12. The van der Waals surface area contributed by atoms with Gasteiger partial charge in [-0.25, -0.2) is 0 Å². The third kappa shape index (κ3) is 1.99. The van der Waals surface area contributed by atoms with Crippen LogP contribution in [-0.2, 0) is 16.8 Å². The van der Waals surface area contributed by atoms with E-state index in [1.807, 2.05) is 25.1 Å². The highest BCUT2D eigenvalue weighted by Gasteiger charge is 2.46. The van der Waals surface area contributed by atoms with Crippen LogP contribution < -0.4 is 10.1 Å². The summed E-state index contributed by atoms with van der Waals surface area (Å²) >= 11 is 0. The van der Waals surface area contributed by atoms with Gasteiger partial charge < -0.3 is 15.2 Å². The van der Waals surface area contributed by atoms with Gasteiger partial charge in [-0.2, -0.15) is 0 Å². The summed E-state index contributed by atoms with van der Waals surface area (Å²) in [5.41, 5.74) is 1.24. The molecule has 1 unspecified atom stereocenters. The number of carbonyl (C=O) groups is 1. The van der Waals surface area contributed by atoms with Crippen LogP contribution in [0.2, 0.25) is 0 Å². The molecule has 4 heteroatoms. The zero-order valence-electron chi connectivity index (χ0n) is 12.0. The van der Waals surface area contributed by atoms with E-state index in [1.54, 1.807) is 31.4 Å². The highest BCUT2D eigenvalue weighted by Crippen LogP contribution is 2.41. The van der Waals surface area contributed by atoms with Gasteiger partial charge in [-0.1, -0.05) is 25.1 Å². The first kappa shape index (κ1) is 13.6. The molecule has 0 fully saturated rings. The Morgan fingerprint density at radius 3 is 2.52 bits per heavy atom. The van der Waals surface area contributed by atoms with Crippen LogP contribution in [0.3, 0.4) is 0 Å². The molecule has 3 rings (SSSR count). The summed E-state index contributed by atoms with van der Waals surface area (Å²) in [6, 6.07) is 12.6. The van der Waals surface area contributed by atoms with Crippen LogP contribution in [0.4, 0.5) is 5.69 Å². The van der Waals surface area contributed by atoms with Gasteiger partial charge in [-0.15, -0.1) is 0 Å². The lowest BCUT2D eigenvalue weighted by atomic mass is 9.86. The second-order valence-electron chi connectivity index (χ2n) is 5.13. The minimum absolute atomic E-state index is 0.420. The van der Waals surface area contributed by atoms with Crippen molar-refractivity contribution in [3.8, 4) is 5.75 Å². The van der Waals surface area contributed by atoms with Gasteiger partial charge in [-0.05, 0) is 41.8 Å². The molecule has 2 N–H and O–H groups in total. The van der Waals surface area contributed by atoms with E-state index >= 15 is 0 Å². The van der Waals surface area contributed by atoms with Gasteiger partial charge in [0.25, 0.3) is 5.91 Å². The molecule has 0 saturated heterocycles. The molecule has 108 valence electrons. The fraction of sp³-hybridized carbons (Fsp3) is 0.235. The molecule has 0 spiro atoms. The summed E-state index contributed by atoms with van der Waals surface area (Å²) in [4.78, 5) is 12.3. The van der Waals surface area contributed by atoms with Crippen molar-refractivity contribution >= 4 is 11.6 Å². The zero-order chi connectivity index (χ0) is 15.0. The maximum atomic E-state index is 12.3. The normalized spacial score (nSPS) is 20.0. The second-order valence-corrected chi connectivity index (χ2v) is 5.13. The Balaban J connectivity index is 2.14. The molecule has 1 aliphatic heterocycles. The van der Waals surface area contributed by atoms with Crippen LogP contribution in [0.1, 0.15) is 23.6 Å². The summed E-state index contributed by atoms with van der Waals surface area (Å²) in [7, 11) is 1.58. The molecule has 1 aliphatic rings. The Hall–Kier alpha value is -2.33. The number of nitrogens with one attached hydrogen (secondary N) is 1. The number of ether oxygens (including phenoxy) is 1. The Bertz CT molecular complexity index is 694. The van der Waals surface area contributed by atoms with Crippen molar-refractivity contribution in [2.75, 3.05) is 12.4 Å². The van der Waals surface area contributed by atoms with Crippen molar-refractivity contribution in [1.29, 1.82) is 0 Å². The summed E-state index contributed by atoms with van der Waals surface area (Å²) in [5.74, 6) is 0.263. The number of rotatable bonds is 3. The number of hydrogen-bond donors (Lipinski definition) is 2. The van der Waals surface area contributed by atoms with E-state index in [-0.39, 0.29) is 0 Å². The van der Waals surface area contributed by atoms with Crippen LogP contribution in [-0.4, -0.2) is 18.1 Å². The molecule has 0 aromatic heterocycles. The van der Waals surface area contributed by atoms with Crippen molar-refractivity contribution in [1.82, 2.24) is 0 Å². The monoisotopic (exact) mass is 283 g/mol. The van der Waals surface area contributed by atoms with Crippen LogP contribution in [0.15, 0.2) is 42.5 Å². The van der Waals surface area contributed by atoms with E-state index in [2.05, 4.69) is 5.32 Å². The Morgan fingerprint density at radius 1 is 1.19 bits per heavy atom. The predicted octanol–water partition coefficient (Wildman–Crippen LogP) is 2.45. The van der Waals surface area contributed by atoms with Crippen LogP contribution >= 0.6 is 0 Å². The van der Waals surface area contributed by atoms with Crippen LogP contribution in [0.25, 0.3) is 0 Å². The topological polar surface area (TPSA) is 58.6 Å². The number of fused-ring (bicyclic) bond motifs is 1. The first-order chi connectivity index (χ1) is 10.1. The molecule has 2 aromatic rings. The molecule has 1 heterocycles. The standard InChI is InChI=1S/C17H17NO3/c1-3-11-4-9-15-14(10-11)17(20,16(19)18-15)12-5-7-13(21-2)8-6-12/h4-10,20H,3H2,1-2H3,(H,18,19). The number of aliphatic hydroxyl groups is 1. The van der Waals surface area contributed by atoms with Gasteiger partial charge in [0.1, 0.15) is 5.75 Å². The average Bonchev–Trinajstić information content (AvgIpc) is 2.79. The van der Waals surface area contributed by atoms with Gasteiger partial charge in [0.05, 0.1) is 7.11 Å². The molecule has 0 saturated carbocycles. The molecule has 0 radical (unpaired) electrons. The van der Waals surface area contributed by atoms with E-state index < -0.39 is 11.5 Å². The predicted molar refractivity (Wildman–Crippen MR) is 80.4 cm³/mol. The third-order valence-electron chi connectivity index (χ3n) is 3.97. The highest BCUT2D eigenvalue weighted by molar-refractivity contribution is 6.07. The van der Waals surface area contributed by atoms with Crippen molar-refractivity contribution in [3.05, 3.63) is 59.2 Å². The van der Waals surface area contributed by atoms with Crippen molar-refractivity contribution in [3.63, 3.8) is 0 Å². The van der Waals surface area contributed by atoms with E-state index in [0.29, 0.717) is 22.6 Å². The average molecular weight is 283 g/mol. The summed E-state index contributed by atoms with van der Waals surface area (Å²) in [5, 5.41) is 13.8. The number of aryl methyl sites for hydroxylation is 1. The van der Waals surface area contributed by atoms with E-state index in [9.17, 15) is 9.90 Å². The lowest BCUT2D eigenvalue weighted by Gasteiger charge is -2.22. The molecular weight excluding hydrogens is 266 g/mol. The maximum absolute atomic E-state index is 12.3. The second kappa shape index (κ2) is 4.90. The fourth-order valence-corrected chi connectivity index (χ4v) is 2.67. The van der Waals surface area contributed by atoms with Gasteiger partial charge in [-0.3, -0.25) is 4.79 Å². The largest absolute Gasteiger partial charge is 0.497 e. The highest BCUT2D eigenvalue weighted by atomic mass is 16.5. The van der Waals surface area contributed by atoms with Crippen LogP contribution in [0, 0.1) is 0 Å².